The van der Waals surface area contributed by atoms with E-state index in [4.69, 9.17) is 0 Å². The first-order chi connectivity index (χ1) is 12.2. The van der Waals surface area contributed by atoms with Gasteiger partial charge in [0, 0.05) is 24.1 Å². The van der Waals surface area contributed by atoms with Gasteiger partial charge in [-0.2, -0.15) is 10.2 Å². The summed E-state index contributed by atoms with van der Waals surface area (Å²) in [5, 5.41) is 18.2. The molecule has 2 heterocycles. The molecule has 25 heavy (non-hydrogen) atoms. The number of carbonyl (C=O) groups is 1. The number of aliphatic hydroxyl groups is 1. The zero-order valence-electron chi connectivity index (χ0n) is 14.5. The number of pyridine rings is 1. The van der Waals surface area contributed by atoms with Crippen molar-refractivity contribution in [2.24, 2.45) is 0 Å². The van der Waals surface area contributed by atoms with E-state index in [9.17, 15) is 9.90 Å². The minimum atomic E-state index is -0.821. The number of nitrogens with zero attached hydrogens (tertiary/aromatic N) is 4. The van der Waals surface area contributed by atoms with E-state index >= 15 is 0 Å². The normalized spacial score (nSPS) is 15.4. The molecular formula is C19H24N4O2. The largest absolute Gasteiger partial charge is 0.385 e. The molecular weight excluding hydrogens is 316 g/mol. The SMILES string of the molecule is CCc1ccc(CC(=O)N(CC(O)c2cccnn2)C2CCC2)cn1. The fraction of sp³-hybridized carbons (Fsp3) is 0.474. The van der Waals surface area contributed by atoms with Crippen molar-refractivity contribution in [3.63, 3.8) is 0 Å². The third kappa shape index (κ3) is 4.39. The molecule has 1 N–H and O–H groups in total. The fourth-order valence-corrected chi connectivity index (χ4v) is 2.97. The molecule has 2 aromatic heterocycles. The van der Waals surface area contributed by atoms with Gasteiger partial charge in [0.2, 0.25) is 5.91 Å². The Morgan fingerprint density at radius 1 is 1.36 bits per heavy atom. The highest BCUT2D eigenvalue weighted by atomic mass is 16.3. The Morgan fingerprint density at radius 2 is 2.20 bits per heavy atom. The maximum Gasteiger partial charge on any atom is 0.227 e. The summed E-state index contributed by atoms with van der Waals surface area (Å²) < 4.78 is 0. The van der Waals surface area contributed by atoms with Crippen LogP contribution in [-0.4, -0.2) is 43.7 Å². The minimum absolute atomic E-state index is 0.0266. The molecule has 132 valence electrons. The van der Waals surface area contributed by atoms with Crippen molar-refractivity contribution in [2.45, 2.75) is 51.2 Å². The Kier molecular flexibility index (Phi) is 5.71. The van der Waals surface area contributed by atoms with Crippen molar-refractivity contribution in [1.82, 2.24) is 20.1 Å². The lowest BCUT2D eigenvalue weighted by Crippen LogP contribution is -2.47. The van der Waals surface area contributed by atoms with Gasteiger partial charge in [-0.15, -0.1) is 0 Å². The van der Waals surface area contributed by atoms with Gasteiger partial charge in [-0.1, -0.05) is 13.0 Å². The molecule has 1 aliphatic carbocycles. The molecule has 1 fully saturated rings. The van der Waals surface area contributed by atoms with Crippen LogP contribution in [0.2, 0.25) is 0 Å². The molecule has 0 bridgehead atoms. The van der Waals surface area contributed by atoms with Crippen molar-refractivity contribution in [3.8, 4) is 0 Å². The van der Waals surface area contributed by atoms with Gasteiger partial charge in [0.25, 0.3) is 0 Å². The van der Waals surface area contributed by atoms with E-state index in [-0.39, 0.29) is 18.5 Å². The van der Waals surface area contributed by atoms with E-state index in [0.29, 0.717) is 12.1 Å². The summed E-state index contributed by atoms with van der Waals surface area (Å²) >= 11 is 0. The van der Waals surface area contributed by atoms with E-state index in [0.717, 1.165) is 36.9 Å². The maximum absolute atomic E-state index is 12.8. The number of carbonyl (C=O) groups excluding carboxylic acids is 1. The summed E-state index contributed by atoms with van der Waals surface area (Å²) in [5.74, 6) is 0.0266. The number of amides is 1. The van der Waals surface area contributed by atoms with Crippen molar-refractivity contribution in [1.29, 1.82) is 0 Å². The number of hydrogen-bond acceptors (Lipinski definition) is 5. The lowest BCUT2D eigenvalue weighted by atomic mass is 9.90. The predicted molar refractivity (Wildman–Crippen MR) is 93.7 cm³/mol. The molecule has 0 aliphatic heterocycles. The molecule has 0 radical (unpaired) electrons. The summed E-state index contributed by atoms with van der Waals surface area (Å²) in [7, 11) is 0. The topological polar surface area (TPSA) is 79.2 Å². The van der Waals surface area contributed by atoms with Crippen LogP contribution >= 0.6 is 0 Å². The van der Waals surface area contributed by atoms with Crippen molar-refractivity contribution < 1.29 is 9.90 Å². The summed E-state index contributed by atoms with van der Waals surface area (Å²) in [6.07, 6.45) is 6.82. The lowest BCUT2D eigenvalue weighted by molar-refractivity contribution is -0.136. The molecule has 0 spiro atoms. The second kappa shape index (κ2) is 8.16. The van der Waals surface area contributed by atoms with Crippen molar-refractivity contribution in [2.75, 3.05) is 6.54 Å². The molecule has 0 aromatic carbocycles. The zero-order chi connectivity index (χ0) is 17.6. The summed E-state index contributed by atoms with van der Waals surface area (Å²) in [6.45, 7) is 2.31. The van der Waals surface area contributed by atoms with E-state index in [1.54, 1.807) is 29.4 Å². The standard InChI is InChI=1S/C19H24N4O2/c1-2-15-9-8-14(12-20-15)11-19(25)23(16-5-3-6-16)13-18(24)17-7-4-10-21-22-17/h4,7-10,12,16,18,24H,2-3,5-6,11,13H2,1H3. The molecule has 3 rings (SSSR count). The first-order valence-corrected chi connectivity index (χ1v) is 8.86. The summed E-state index contributed by atoms with van der Waals surface area (Å²) in [6, 6.07) is 7.60. The van der Waals surface area contributed by atoms with Crippen LogP contribution in [0.1, 0.15) is 49.2 Å². The molecule has 1 aliphatic rings. The van der Waals surface area contributed by atoms with Crippen LogP contribution in [0, 0.1) is 0 Å². The van der Waals surface area contributed by atoms with E-state index in [1.807, 2.05) is 12.1 Å². The molecule has 1 amide bonds. The number of rotatable bonds is 7. The van der Waals surface area contributed by atoms with Gasteiger partial charge in [0.15, 0.2) is 0 Å². The van der Waals surface area contributed by atoms with Crippen molar-refractivity contribution >= 4 is 5.91 Å². The van der Waals surface area contributed by atoms with Gasteiger partial charge in [-0.3, -0.25) is 9.78 Å². The third-order valence-corrected chi connectivity index (χ3v) is 4.74. The smallest absolute Gasteiger partial charge is 0.227 e. The van der Waals surface area contributed by atoms with Crippen LogP contribution in [0.3, 0.4) is 0 Å². The zero-order valence-corrected chi connectivity index (χ0v) is 14.5. The van der Waals surface area contributed by atoms with Gasteiger partial charge in [-0.25, -0.2) is 0 Å². The monoisotopic (exact) mass is 340 g/mol. The average Bonchev–Trinajstić information content (AvgIpc) is 2.61. The molecule has 1 saturated carbocycles. The highest BCUT2D eigenvalue weighted by molar-refractivity contribution is 5.79. The molecule has 6 nitrogen and oxygen atoms in total. The molecule has 1 unspecified atom stereocenters. The number of aryl methyl sites for hydroxylation is 1. The Hall–Kier alpha value is -2.34. The number of aromatic nitrogens is 3. The highest BCUT2D eigenvalue weighted by Crippen LogP contribution is 2.27. The van der Waals surface area contributed by atoms with Crippen LogP contribution in [0.25, 0.3) is 0 Å². The molecule has 1 atom stereocenters. The maximum atomic E-state index is 12.8. The Morgan fingerprint density at radius 3 is 2.76 bits per heavy atom. The van der Waals surface area contributed by atoms with Gasteiger partial charge in [0.1, 0.15) is 6.10 Å². The van der Waals surface area contributed by atoms with Crippen LogP contribution < -0.4 is 0 Å². The second-order valence-corrected chi connectivity index (χ2v) is 6.48. The number of hydrogen-bond donors (Lipinski definition) is 1. The van der Waals surface area contributed by atoms with Crippen molar-refractivity contribution in [3.05, 3.63) is 53.6 Å². The Labute approximate surface area is 147 Å². The van der Waals surface area contributed by atoms with Gasteiger partial charge in [0.05, 0.1) is 18.7 Å². The van der Waals surface area contributed by atoms with Crippen LogP contribution in [0.15, 0.2) is 36.7 Å². The molecule has 2 aromatic rings. The highest BCUT2D eigenvalue weighted by Gasteiger charge is 2.30. The average molecular weight is 340 g/mol. The fourth-order valence-electron chi connectivity index (χ4n) is 2.97. The first-order valence-electron chi connectivity index (χ1n) is 8.86. The van der Waals surface area contributed by atoms with Crippen LogP contribution in [0.4, 0.5) is 0 Å². The van der Waals surface area contributed by atoms with Crippen LogP contribution in [0.5, 0.6) is 0 Å². The van der Waals surface area contributed by atoms with Gasteiger partial charge >= 0.3 is 0 Å². The van der Waals surface area contributed by atoms with Crippen LogP contribution in [-0.2, 0) is 17.6 Å². The number of aliphatic hydroxyl groups excluding tert-OH is 1. The predicted octanol–water partition coefficient (Wildman–Crippen LogP) is 2.09. The molecule has 6 heteroatoms. The van der Waals surface area contributed by atoms with E-state index in [1.165, 1.54) is 0 Å². The van der Waals surface area contributed by atoms with Gasteiger partial charge in [-0.05, 0) is 49.4 Å². The summed E-state index contributed by atoms with van der Waals surface area (Å²) in [4.78, 5) is 19.0. The second-order valence-electron chi connectivity index (χ2n) is 6.48. The molecule has 0 saturated heterocycles. The van der Waals surface area contributed by atoms with E-state index in [2.05, 4.69) is 22.1 Å². The van der Waals surface area contributed by atoms with Gasteiger partial charge < -0.3 is 10.0 Å². The third-order valence-electron chi connectivity index (χ3n) is 4.74. The van der Waals surface area contributed by atoms with E-state index < -0.39 is 6.10 Å². The summed E-state index contributed by atoms with van der Waals surface area (Å²) in [5.41, 5.74) is 2.42. The Balaban J connectivity index is 1.68. The first kappa shape index (κ1) is 17.5. The Bertz CT molecular complexity index is 686. The quantitative estimate of drug-likeness (QED) is 0.835. The lowest BCUT2D eigenvalue weighted by Gasteiger charge is -2.38. The minimum Gasteiger partial charge on any atom is -0.385 e.